The zero-order valence-corrected chi connectivity index (χ0v) is 32.4. The number of anilines is 1. The lowest BCUT2D eigenvalue weighted by molar-refractivity contribution is -0.142. The van der Waals surface area contributed by atoms with E-state index in [1.54, 1.807) is 23.4 Å². The molecule has 300 valence electrons. The van der Waals surface area contributed by atoms with Gasteiger partial charge in [-0.2, -0.15) is 0 Å². The average Bonchev–Trinajstić information content (AvgIpc) is 3.69. The van der Waals surface area contributed by atoms with Crippen LogP contribution >= 0.6 is 0 Å². The Labute approximate surface area is 327 Å². The van der Waals surface area contributed by atoms with Crippen LogP contribution in [0.5, 0.6) is 5.75 Å². The van der Waals surface area contributed by atoms with Gasteiger partial charge in [-0.25, -0.2) is 9.59 Å². The number of hydrogen-bond donors (Lipinski definition) is 4. The summed E-state index contributed by atoms with van der Waals surface area (Å²) in [5.41, 5.74) is 1.68. The Morgan fingerprint density at radius 1 is 0.875 bits per heavy atom. The lowest BCUT2D eigenvalue weighted by Crippen LogP contribution is -2.50. The topological polar surface area (TPSA) is 190 Å². The second kappa shape index (κ2) is 20.4. The summed E-state index contributed by atoms with van der Waals surface area (Å²) < 4.78 is 22.2. The summed E-state index contributed by atoms with van der Waals surface area (Å²) in [6.07, 6.45) is 7.49. The van der Waals surface area contributed by atoms with Gasteiger partial charge in [-0.1, -0.05) is 18.2 Å². The molecule has 4 N–H and O–H groups in total. The van der Waals surface area contributed by atoms with Crippen LogP contribution in [-0.4, -0.2) is 99.9 Å². The van der Waals surface area contributed by atoms with Crippen molar-refractivity contribution in [2.24, 2.45) is 0 Å². The number of aromatic nitrogens is 4. The number of nitrogens with one attached hydrogen (secondary N) is 3. The third kappa shape index (κ3) is 13.0. The molecule has 0 spiro atoms. The van der Waals surface area contributed by atoms with Crippen molar-refractivity contribution in [3.63, 3.8) is 0 Å². The minimum Gasteiger partial charge on any atom is -0.494 e. The fourth-order valence-electron chi connectivity index (χ4n) is 6.18. The van der Waals surface area contributed by atoms with Crippen LogP contribution < -0.4 is 15.4 Å². The molecule has 15 nitrogen and oxygen atoms in total. The second-order valence-corrected chi connectivity index (χ2v) is 14.7. The minimum atomic E-state index is -0.971. The molecular formula is C41H53N7O8. The Bertz CT molecular complexity index is 1860. The molecule has 2 aromatic heterocycles. The highest BCUT2D eigenvalue weighted by Crippen LogP contribution is 2.36. The summed E-state index contributed by atoms with van der Waals surface area (Å²) in [5.74, 6) is 0.792. The van der Waals surface area contributed by atoms with Crippen molar-refractivity contribution in [2.75, 3.05) is 51.4 Å². The summed E-state index contributed by atoms with van der Waals surface area (Å²) in [6.45, 7) is 8.58. The number of ether oxygens (including phenoxy) is 4. The number of carbonyl (C=O) groups excluding carboxylic acids is 2. The monoisotopic (exact) mass is 771 g/mol. The number of pyridine rings is 1. The number of carbonyl (C=O) groups is 3. The van der Waals surface area contributed by atoms with Gasteiger partial charge < -0.3 is 44.6 Å². The first-order valence-electron chi connectivity index (χ1n) is 19.1. The van der Waals surface area contributed by atoms with Crippen LogP contribution in [0, 0.1) is 0 Å². The van der Waals surface area contributed by atoms with Crippen LogP contribution in [0.4, 0.5) is 10.5 Å². The fourth-order valence-corrected chi connectivity index (χ4v) is 6.18. The first-order chi connectivity index (χ1) is 27.0. The molecule has 1 fully saturated rings. The minimum absolute atomic E-state index is 0.219. The molecule has 5 rings (SSSR count). The number of nitrogens with zero attached hydrogens (tertiary/aromatic N) is 4. The van der Waals surface area contributed by atoms with E-state index in [2.05, 4.69) is 30.8 Å². The number of H-pyrrole nitrogens is 1. The molecule has 3 heterocycles. The van der Waals surface area contributed by atoms with Gasteiger partial charge in [0, 0.05) is 68.7 Å². The predicted molar refractivity (Wildman–Crippen MR) is 209 cm³/mol. The number of likely N-dealkylation sites (tertiary alicyclic amines) is 1. The van der Waals surface area contributed by atoms with Gasteiger partial charge in [-0.3, -0.25) is 9.78 Å². The standard InChI is InChI=1S/C41H53N7O8/c1-40(2,3)56-39(52)48-20-16-41(17-21-48,38-44-36(46-47-38)31-14-18-42-19-15-31)45-33-12-8-11-32(27-33)37(51)43-28-30-10-7-13-34(26-30)55-25-6-4-5-22-53-23-9-24-54-29-35(49)50/h7-8,10-15,18-19,26-27,45H,4-6,9,16-17,20-25,28-29H2,1-3H3,(H,43,51)(H,49,50)(H,44,46,47). The number of carboxylic acid groups (broad SMARTS) is 1. The SMILES string of the molecule is CC(C)(C)OC(=O)N1CCC(Nc2cccc(C(=O)NCc3cccc(OCCCCCOCCCOCC(=O)O)c3)c2)(c2nnc(-c3ccncc3)[nH]2)CC1. The molecule has 0 radical (unpaired) electrons. The van der Waals surface area contributed by atoms with Crippen LogP contribution in [0.25, 0.3) is 11.4 Å². The maximum atomic E-state index is 13.4. The molecular weight excluding hydrogens is 718 g/mol. The molecule has 15 heteroatoms. The van der Waals surface area contributed by atoms with Crippen molar-refractivity contribution in [3.05, 3.63) is 90.0 Å². The Balaban J connectivity index is 1.13. The van der Waals surface area contributed by atoms with Crippen LogP contribution in [0.3, 0.4) is 0 Å². The van der Waals surface area contributed by atoms with Crippen LogP contribution in [0.1, 0.15) is 81.0 Å². The molecule has 0 aliphatic carbocycles. The zero-order chi connectivity index (χ0) is 39.8. The Morgan fingerprint density at radius 2 is 1.61 bits per heavy atom. The summed E-state index contributed by atoms with van der Waals surface area (Å²) in [6, 6.07) is 18.7. The van der Waals surface area contributed by atoms with Gasteiger partial charge >= 0.3 is 12.1 Å². The fraction of sp³-hybridized carbons (Fsp3) is 0.463. The van der Waals surface area contributed by atoms with E-state index in [0.717, 1.165) is 41.8 Å². The van der Waals surface area contributed by atoms with Crippen molar-refractivity contribution < 1.29 is 38.4 Å². The third-order valence-electron chi connectivity index (χ3n) is 9.03. The number of aliphatic carboxylic acids is 1. The molecule has 1 saturated heterocycles. The lowest BCUT2D eigenvalue weighted by Gasteiger charge is -2.41. The highest BCUT2D eigenvalue weighted by Gasteiger charge is 2.41. The Morgan fingerprint density at radius 3 is 2.38 bits per heavy atom. The van der Waals surface area contributed by atoms with E-state index in [9.17, 15) is 14.4 Å². The maximum Gasteiger partial charge on any atom is 0.410 e. The van der Waals surface area contributed by atoms with Crippen molar-refractivity contribution in [2.45, 2.75) is 77.0 Å². The summed E-state index contributed by atoms with van der Waals surface area (Å²) in [4.78, 5) is 46.0. The van der Waals surface area contributed by atoms with E-state index < -0.39 is 17.1 Å². The van der Waals surface area contributed by atoms with Gasteiger partial charge in [0.15, 0.2) is 11.6 Å². The molecule has 0 bridgehead atoms. The van der Waals surface area contributed by atoms with Gasteiger partial charge in [0.1, 0.15) is 23.5 Å². The van der Waals surface area contributed by atoms with Gasteiger partial charge in [0.25, 0.3) is 5.91 Å². The molecule has 4 aromatic rings. The van der Waals surface area contributed by atoms with Gasteiger partial charge in [-0.05, 0) is 107 Å². The number of aromatic amines is 1. The Kier molecular flexibility index (Phi) is 15.2. The van der Waals surface area contributed by atoms with Crippen molar-refractivity contribution in [1.29, 1.82) is 0 Å². The van der Waals surface area contributed by atoms with Crippen LogP contribution in [0.15, 0.2) is 73.1 Å². The summed E-state index contributed by atoms with van der Waals surface area (Å²) >= 11 is 0. The van der Waals surface area contributed by atoms with E-state index in [1.165, 1.54) is 0 Å². The van der Waals surface area contributed by atoms with Gasteiger partial charge in [0.05, 0.1) is 6.61 Å². The van der Waals surface area contributed by atoms with E-state index in [-0.39, 0.29) is 18.6 Å². The predicted octanol–water partition coefficient (Wildman–Crippen LogP) is 6.19. The summed E-state index contributed by atoms with van der Waals surface area (Å²) in [5, 5.41) is 24.2. The zero-order valence-electron chi connectivity index (χ0n) is 32.4. The molecule has 1 aliphatic rings. The normalized spacial score (nSPS) is 13.9. The number of hydrogen-bond acceptors (Lipinski definition) is 11. The van der Waals surface area contributed by atoms with Crippen molar-refractivity contribution in [1.82, 2.24) is 30.4 Å². The van der Waals surface area contributed by atoms with Gasteiger partial charge in [0.2, 0.25) is 0 Å². The Hall–Kier alpha value is -5.54. The third-order valence-corrected chi connectivity index (χ3v) is 9.03. The second-order valence-electron chi connectivity index (χ2n) is 14.7. The molecule has 0 saturated carbocycles. The molecule has 0 atom stereocenters. The smallest absolute Gasteiger partial charge is 0.410 e. The maximum absolute atomic E-state index is 13.4. The highest BCUT2D eigenvalue weighted by molar-refractivity contribution is 5.95. The van der Waals surface area contributed by atoms with Crippen molar-refractivity contribution in [3.8, 4) is 17.1 Å². The van der Waals surface area contributed by atoms with E-state index >= 15 is 0 Å². The molecule has 2 amide bonds. The summed E-state index contributed by atoms with van der Waals surface area (Å²) in [7, 11) is 0. The van der Waals surface area contributed by atoms with E-state index in [4.69, 9.17) is 24.1 Å². The van der Waals surface area contributed by atoms with Gasteiger partial charge in [-0.15, -0.1) is 10.2 Å². The number of rotatable bonds is 20. The number of carboxylic acids is 1. The average molecular weight is 772 g/mol. The first-order valence-corrected chi connectivity index (χ1v) is 19.1. The first kappa shape index (κ1) is 41.6. The number of amides is 2. The number of benzene rings is 2. The quantitative estimate of drug-likeness (QED) is 0.0747. The van der Waals surface area contributed by atoms with E-state index in [1.807, 2.05) is 75.4 Å². The van der Waals surface area contributed by atoms with Crippen molar-refractivity contribution >= 4 is 23.7 Å². The highest BCUT2D eigenvalue weighted by atomic mass is 16.6. The largest absolute Gasteiger partial charge is 0.494 e. The van der Waals surface area contributed by atoms with Crippen LogP contribution in [-0.2, 0) is 31.1 Å². The van der Waals surface area contributed by atoms with E-state index in [0.29, 0.717) is 82.5 Å². The lowest BCUT2D eigenvalue weighted by atomic mass is 9.86. The molecule has 0 unspecified atom stereocenters. The van der Waals surface area contributed by atoms with Crippen LogP contribution in [0.2, 0.25) is 0 Å². The molecule has 56 heavy (non-hydrogen) atoms. The molecule has 1 aliphatic heterocycles. The molecule has 2 aromatic carbocycles. The number of piperidine rings is 1. The number of unbranched alkanes of at least 4 members (excludes halogenated alkanes) is 2.